The van der Waals surface area contributed by atoms with Crippen molar-refractivity contribution in [2.24, 2.45) is 0 Å². The van der Waals surface area contributed by atoms with E-state index in [1.807, 2.05) is 18.2 Å². The molecular weight excluding hydrogens is 288 g/mol. The molecule has 0 aliphatic carbocycles. The number of carbonyl (C=O) groups is 1. The Morgan fingerprint density at radius 1 is 1.52 bits per heavy atom. The van der Waals surface area contributed by atoms with Crippen molar-refractivity contribution in [2.75, 3.05) is 13.2 Å². The first kappa shape index (κ1) is 14.3. The first-order valence-electron chi connectivity index (χ1n) is 7.16. The van der Waals surface area contributed by atoms with Crippen LogP contribution in [0.3, 0.4) is 0 Å². The van der Waals surface area contributed by atoms with Crippen molar-refractivity contribution < 1.29 is 9.53 Å². The van der Waals surface area contributed by atoms with Gasteiger partial charge in [0.25, 0.3) is 5.56 Å². The quantitative estimate of drug-likeness (QED) is 0.939. The third-order valence-electron chi connectivity index (χ3n) is 3.77. The summed E-state index contributed by atoms with van der Waals surface area (Å²) in [5.41, 5.74) is -0.102. The summed E-state index contributed by atoms with van der Waals surface area (Å²) in [5.74, 6) is -0.140. The van der Waals surface area contributed by atoms with E-state index in [0.29, 0.717) is 11.9 Å². The zero-order valence-electron chi connectivity index (χ0n) is 11.9. The van der Waals surface area contributed by atoms with E-state index in [4.69, 9.17) is 4.74 Å². The molecule has 1 aromatic heterocycles. The molecule has 1 saturated heterocycles. The average molecular weight is 306 g/mol. The fourth-order valence-corrected chi connectivity index (χ4v) is 3.56. The Morgan fingerprint density at radius 2 is 2.33 bits per heavy atom. The number of ether oxygens (including phenoxy) is 1. The van der Waals surface area contributed by atoms with E-state index in [1.54, 1.807) is 13.0 Å². The highest BCUT2D eigenvalue weighted by Gasteiger charge is 2.22. The lowest BCUT2D eigenvalue weighted by Gasteiger charge is -2.14. The lowest BCUT2D eigenvalue weighted by atomic mass is 10.2. The standard InChI is InChI=1S/C15H18N2O3S/c1-10(14(18)16-9-11-5-4-8-20-11)17-15(19)12-6-2-3-7-13(12)21-17/h2-3,6-7,10-11H,4-5,8-9H2,1H3,(H,16,18). The van der Waals surface area contributed by atoms with Crippen LogP contribution < -0.4 is 10.9 Å². The van der Waals surface area contributed by atoms with Gasteiger partial charge in [-0.25, -0.2) is 0 Å². The van der Waals surface area contributed by atoms with Gasteiger partial charge in [-0.2, -0.15) is 0 Å². The van der Waals surface area contributed by atoms with Crippen LogP contribution in [-0.4, -0.2) is 29.1 Å². The van der Waals surface area contributed by atoms with Crippen LogP contribution in [0.1, 0.15) is 25.8 Å². The third-order valence-corrected chi connectivity index (χ3v) is 5.00. The van der Waals surface area contributed by atoms with Crippen molar-refractivity contribution in [3.05, 3.63) is 34.6 Å². The van der Waals surface area contributed by atoms with E-state index in [-0.39, 0.29) is 17.6 Å². The molecule has 1 aliphatic rings. The van der Waals surface area contributed by atoms with Gasteiger partial charge in [-0.1, -0.05) is 23.7 Å². The maximum atomic E-state index is 12.3. The van der Waals surface area contributed by atoms with Crippen LogP contribution in [-0.2, 0) is 9.53 Å². The van der Waals surface area contributed by atoms with Gasteiger partial charge in [-0.3, -0.25) is 13.5 Å². The van der Waals surface area contributed by atoms with Gasteiger partial charge in [0.2, 0.25) is 5.91 Å². The molecule has 112 valence electrons. The Balaban J connectivity index is 1.73. The molecule has 1 fully saturated rings. The second kappa shape index (κ2) is 5.99. The molecule has 1 N–H and O–H groups in total. The minimum absolute atomic E-state index is 0.102. The van der Waals surface area contributed by atoms with Crippen molar-refractivity contribution in [3.8, 4) is 0 Å². The minimum atomic E-state index is -0.503. The average Bonchev–Trinajstić information content (AvgIpc) is 3.13. The molecule has 0 saturated carbocycles. The first-order chi connectivity index (χ1) is 10.2. The molecule has 2 atom stereocenters. The number of aromatic nitrogens is 1. The largest absolute Gasteiger partial charge is 0.376 e. The summed E-state index contributed by atoms with van der Waals surface area (Å²) in [5, 5.41) is 3.55. The predicted molar refractivity (Wildman–Crippen MR) is 82.8 cm³/mol. The number of nitrogens with zero attached hydrogens (tertiary/aromatic N) is 1. The van der Waals surface area contributed by atoms with Crippen molar-refractivity contribution in [1.29, 1.82) is 0 Å². The fraction of sp³-hybridized carbons (Fsp3) is 0.467. The summed E-state index contributed by atoms with van der Waals surface area (Å²) >= 11 is 1.33. The SMILES string of the molecule is CC(C(=O)NCC1CCCO1)n1sc2ccccc2c1=O. The Bertz CT molecular complexity index is 700. The number of nitrogens with one attached hydrogen (secondary N) is 1. The van der Waals surface area contributed by atoms with E-state index in [9.17, 15) is 9.59 Å². The molecule has 21 heavy (non-hydrogen) atoms. The Hall–Kier alpha value is -1.66. The summed E-state index contributed by atoms with van der Waals surface area (Å²) in [6, 6.07) is 6.92. The van der Waals surface area contributed by atoms with Gasteiger partial charge >= 0.3 is 0 Å². The Kier molecular flexibility index (Phi) is 4.07. The number of carbonyl (C=O) groups excluding carboxylic acids is 1. The zero-order valence-corrected chi connectivity index (χ0v) is 12.7. The van der Waals surface area contributed by atoms with Crippen LogP contribution in [0.15, 0.2) is 29.1 Å². The van der Waals surface area contributed by atoms with Crippen LogP contribution in [0.5, 0.6) is 0 Å². The van der Waals surface area contributed by atoms with Gasteiger partial charge in [0.1, 0.15) is 6.04 Å². The van der Waals surface area contributed by atoms with Crippen molar-refractivity contribution in [3.63, 3.8) is 0 Å². The molecule has 5 nitrogen and oxygen atoms in total. The van der Waals surface area contributed by atoms with E-state index in [1.165, 1.54) is 15.5 Å². The number of hydrogen-bond acceptors (Lipinski definition) is 4. The molecule has 2 aromatic rings. The first-order valence-corrected chi connectivity index (χ1v) is 7.94. The highest BCUT2D eigenvalue weighted by molar-refractivity contribution is 7.13. The minimum Gasteiger partial charge on any atom is -0.376 e. The van der Waals surface area contributed by atoms with Crippen molar-refractivity contribution in [1.82, 2.24) is 9.27 Å². The molecule has 2 unspecified atom stereocenters. The summed E-state index contributed by atoms with van der Waals surface area (Å²) in [6.07, 6.45) is 2.14. The maximum absolute atomic E-state index is 12.3. The molecule has 0 bridgehead atoms. The van der Waals surface area contributed by atoms with E-state index < -0.39 is 6.04 Å². The smallest absolute Gasteiger partial charge is 0.269 e. The topological polar surface area (TPSA) is 60.3 Å². The molecule has 0 radical (unpaired) electrons. The van der Waals surface area contributed by atoms with Crippen molar-refractivity contribution >= 4 is 27.5 Å². The molecule has 2 heterocycles. The number of hydrogen-bond donors (Lipinski definition) is 1. The van der Waals surface area contributed by atoms with Gasteiger partial charge in [-0.15, -0.1) is 0 Å². The van der Waals surface area contributed by atoms with E-state index in [2.05, 4.69) is 5.32 Å². The lowest BCUT2D eigenvalue weighted by molar-refractivity contribution is -0.124. The van der Waals surface area contributed by atoms with Crippen LogP contribution in [0.4, 0.5) is 0 Å². The van der Waals surface area contributed by atoms with E-state index in [0.717, 1.165) is 24.1 Å². The molecule has 1 amide bonds. The molecular formula is C15H18N2O3S. The summed E-state index contributed by atoms with van der Waals surface area (Å²) < 4.78 is 7.92. The Labute approximate surface area is 126 Å². The number of fused-ring (bicyclic) bond motifs is 1. The summed E-state index contributed by atoms with van der Waals surface area (Å²) in [6.45, 7) is 3.04. The molecule has 1 aromatic carbocycles. The molecule has 1 aliphatic heterocycles. The van der Waals surface area contributed by atoms with Gasteiger partial charge < -0.3 is 10.1 Å². The fourth-order valence-electron chi connectivity index (χ4n) is 2.52. The maximum Gasteiger partial charge on any atom is 0.269 e. The Morgan fingerprint density at radius 3 is 3.05 bits per heavy atom. The second-order valence-electron chi connectivity index (χ2n) is 5.27. The van der Waals surface area contributed by atoms with Crippen LogP contribution in [0, 0.1) is 0 Å². The molecule has 0 spiro atoms. The number of rotatable bonds is 4. The van der Waals surface area contributed by atoms with Gasteiger partial charge in [0.15, 0.2) is 0 Å². The monoisotopic (exact) mass is 306 g/mol. The van der Waals surface area contributed by atoms with E-state index >= 15 is 0 Å². The molecule has 3 rings (SSSR count). The highest BCUT2D eigenvalue weighted by atomic mass is 32.1. The zero-order chi connectivity index (χ0) is 14.8. The van der Waals surface area contributed by atoms with Gasteiger partial charge in [0.05, 0.1) is 16.2 Å². The third kappa shape index (κ3) is 2.87. The number of benzene rings is 1. The van der Waals surface area contributed by atoms with Crippen LogP contribution in [0.2, 0.25) is 0 Å². The second-order valence-corrected chi connectivity index (χ2v) is 6.29. The molecule has 6 heteroatoms. The van der Waals surface area contributed by atoms with Gasteiger partial charge in [0, 0.05) is 13.2 Å². The van der Waals surface area contributed by atoms with Crippen LogP contribution in [0.25, 0.3) is 10.1 Å². The predicted octanol–water partition coefficient (Wildman–Crippen LogP) is 1.92. The number of amides is 1. The van der Waals surface area contributed by atoms with Crippen LogP contribution >= 0.6 is 11.5 Å². The summed E-state index contributed by atoms with van der Waals surface area (Å²) in [4.78, 5) is 24.5. The van der Waals surface area contributed by atoms with Gasteiger partial charge in [-0.05, 0) is 31.9 Å². The lowest BCUT2D eigenvalue weighted by Crippen LogP contribution is -2.37. The summed E-state index contributed by atoms with van der Waals surface area (Å²) in [7, 11) is 0. The highest BCUT2D eigenvalue weighted by Crippen LogP contribution is 2.19. The normalized spacial score (nSPS) is 19.8. The van der Waals surface area contributed by atoms with Crippen molar-refractivity contribution in [2.45, 2.75) is 31.9 Å².